The Balaban J connectivity index is 1.95. The van der Waals surface area contributed by atoms with Crippen LogP contribution in [0.4, 0.5) is 0 Å². The molecule has 96 valence electrons. The molecule has 0 radical (unpaired) electrons. The van der Waals surface area contributed by atoms with Crippen LogP contribution < -0.4 is 10.1 Å². The van der Waals surface area contributed by atoms with Gasteiger partial charge in [-0.3, -0.25) is 0 Å². The summed E-state index contributed by atoms with van der Waals surface area (Å²) < 4.78 is 10.7. The molecule has 0 amide bonds. The fraction of sp³-hybridized carbons (Fsp3) is 0.357. The second kappa shape index (κ2) is 5.69. The van der Waals surface area contributed by atoms with Gasteiger partial charge in [0.15, 0.2) is 0 Å². The molecule has 0 aliphatic carbocycles. The van der Waals surface area contributed by atoms with Gasteiger partial charge in [-0.05, 0) is 19.9 Å². The van der Waals surface area contributed by atoms with E-state index in [0.717, 1.165) is 23.6 Å². The number of hydrogen-bond acceptors (Lipinski definition) is 4. The fourth-order valence-electron chi connectivity index (χ4n) is 1.83. The Bertz CT molecular complexity index is 520. The fourth-order valence-corrected chi connectivity index (χ4v) is 1.83. The minimum absolute atomic E-state index is 0.616. The number of aryl methyl sites for hydroxylation is 2. The molecule has 18 heavy (non-hydrogen) atoms. The largest absolute Gasteiger partial charge is 0.496 e. The van der Waals surface area contributed by atoms with Gasteiger partial charge in [-0.15, -0.1) is 0 Å². The minimum atomic E-state index is 0.616. The molecular weight excluding hydrogens is 228 g/mol. The van der Waals surface area contributed by atoms with Crippen LogP contribution in [-0.4, -0.2) is 12.1 Å². The van der Waals surface area contributed by atoms with E-state index >= 15 is 0 Å². The van der Waals surface area contributed by atoms with Crippen molar-refractivity contribution >= 4 is 0 Å². The van der Waals surface area contributed by atoms with Gasteiger partial charge in [-0.25, -0.2) is 4.98 Å². The SMILES string of the molecule is COc1ccc(C)cc1CNCc1ncc(C)o1. The van der Waals surface area contributed by atoms with Crippen LogP contribution in [-0.2, 0) is 13.1 Å². The predicted molar refractivity (Wildman–Crippen MR) is 69.5 cm³/mol. The second-order valence-corrected chi connectivity index (χ2v) is 4.28. The van der Waals surface area contributed by atoms with Crippen LogP contribution in [0.5, 0.6) is 5.75 Å². The van der Waals surface area contributed by atoms with Gasteiger partial charge in [-0.1, -0.05) is 17.7 Å². The summed E-state index contributed by atoms with van der Waals surface area (Å²) in [7, 11) is 1.69. The molecule has 0 bridgehead atoms. The molecule has 0 spiro atoms. The number of nitrogens with zero attached hydrogens (tertiary/aromatic N) is 1. The van der Waals surface area contributed by atoms with Crippen molar-refractivity contribution in [3.8, 4) is 5.75 Å². The summed E-state index contributed by atoms with van der Waals surface area (Å²) in [6.45, 7) is 5.30. The van der Waals surface area contributed by atoms with Crippen molar-refractivity contribution in [3.05, 3.63) is 47.2 Å². The molecule has 4 heteroatoms. The highest BCUT2D eigenvalue weighted by atomic mass is 16.5. The Morgan fingerprint density at radius 3 is 2.78 bits per heavy atom. The highest BCUT2D eigenvalue weighted by molar-refractivity contribution is 5.36. The average molecular weight is 246 g/mol. The van der Waals surface area contributed by atoms with Crippen LogP contribution in [0.3, 0.4) is 0 Å². The van der Waals surface area contributed by atoms with Crippen LogP contribution >= 0.6 is 0 Å². The van der Waals surface area contributed by atoms with Crippen molar-refractivity contribution in [1.29, 1.82) is 0 Å². The van der Waals surface area contributed by atoms with Crippen molar-refractivity contribution in [3.63, 3.8) is 0 Å². The number of ether oxygens (including phenoxy) is 1. The van der Waals surface area contributed by atoms with Gasteiger partial charge in [0.2, 0.25) is 5.89 Å². The van der Waals surface area contributed by atoms with Gasteiger partial charge in [0.25, 0.3) is 0 Å². The third-order valence-corrected chi connectivity index (χ3v) is 2.70. The number of nitrogens with one attached hydrogen (secondary N) is 1. The first-order valence-electron chi connectivity index (χ1n) is 5.94. The molecule has 0 atom stereocenters. The maximum atomic E-state index is 5.40. The average Bonchev–Trinajstić information content (AvgIpc) is 2.75. The highest BCUT2D eigenvalue weighted by Crippen LogP contribution is 2.19. The smallest absolute Gasteiger partial charge is 0.208 e. The van der Waals surface area contributed by atoms with E-state index in [4.69, 9.17) is 9.15 Å². The van der Waals surface area contributed by atoms with Gasteiger partial charge in [0.1, 0.15) is 11.5 Å². The molecule has 2 rings (SSSR count). The van der Waals surface area contributed by atoms with E-state index in [0.29, 0.717) is 12.4 Å². The van der Waals surface area contributed by atoms with E-state index in [1.165, 1.54) is 5.56 Å². The maximum Gasteiger partial charge on any atom is 0.208 e. The Morgan fingerprint density at radius 1 is 1.28 bits per heavy atom. The third-order valence-electron chi connectivity index (χ3n) is 2.70. The van der Waals surface area contributed by atoms with Crippen molar-refractivity contribution in [2.24, 2.45) is 0 Å². The Hall–Kier alpha value is -1.81. The molecule has 0 aliphatic rings. The molecule has 0 saturated carbocycles. The molecule has 2 aromatic rings. The first-order chi connectivity index (χ1) is 8.69. The summed E-state index contributed by atoms with van der Waals surface area (Å²) in [6.07, 6.45) is 1.73. The number of rotatable bonds is 5. The lowest BCUT2D eigenvalue weighted by molar-refractivity contribution is 0.405. The Labute approximate surface area is 107 Å². The molecule has 1 heterocycles. The van der Waals surface area contributed by atoms with Gasteiger partial charge in [0.05, 0.1) is 19.9 Å². The number of oxazole rings is 1. The molecule has 1 N–H and O–H groups in total. The van der Waals surface area contributed by atoms with Crippen molar-refractivity contribution in [2.75, 3.05) is 7.11 Å². The van der Waals surface area contributed by atoms with E-state index < -0.39 is 0 Å². The summed E-state index contributed by atoms with van der Waals surface area (Å²) in [5, 5.41) is 3.30. The molecule has 0 aliphatic heterocycles. The molecule has 4 nitrogen and oxygen atoms in total. The molecule has 0 fully saturated rings. The summed E-state index contributed by atoms with van der Waals surface area (Å²) in [5.41, 5.74) is 2.36. The lowest BCUT2D eigenvalue weighted by Crippen LogP contribution is -2.13. The van der Waals surface area contributed by atoms with Crippen molar-refractivity contribution in [2.45, 2.75) is 26.9 Å². The van der Waals surface area contributed by atoms with Crippen LogP contribution in [0.15, 0.2) is 28.8 Å². The van der Waals surface area contributed by atoms with E-state index in [2.05, 4.69) is 23.3 Å². The van der Waals surface area contributed by atoms with Gasteiger partial charge in [0, 0.05) is 12.1 Å². The topological polar surface area (TPSA) is 47.3 Å². The summed E-state index contributed by atoms with van der Waals surface area (Å²) in [5.74, 6) is 2.44. The summed E-state index contributed by atoms with van der Waals surface area (Å²) in [4.78, 5) is 4.15. The lowest BCUT2D eigenvalue weighted by atomic mass is 10.1. The maximum absolute atomic E-state index is 5.40. The third kappa shape index (κ3) is 3.11. The number of benzene rings is 1. The van der Waals surface area contributed by atoms with Gasteiger partial charge >= 0.3 is 0 Å². The van der Waals surface area contributed by atoms with Crippen molar-refractivity contribution < 1.29 is 9.15 Å². The molecule has 0 saturated heterocycles. The van der Waals surface area contributed by atoms with Crippen LogP contribution in [0, 0.1) is 13.8 Å². The Morgan fingerprint density at radius 2 is 2.11 bits per heavy atom. The van der Waals surface area contributed by atoms with E-state index in [1.54, 1.807) is 13.3 Å². The summed E-state index contributed by atoms with van der Waals surface area (Å²) >= 11 is 0. The zero-order chi connectivity index (χ0) is 13.0. The normalized spacial score (nSPS) is 10.6. The number of aromatic nitrogens is 1. The molecule has 0 unspecified atom stereocenters. The summed E-state index contributed by atoms with van der Waals surface area (Å²) in [6, 6.07) is 6.15. The Kier molecular flexibility index (Phi) is 3.99. The first kappa shape index (κ1) is 12.6. The standard InChI is InChI=1S/C14H18N2O2/c1-10-4-5-13(17-3)12(6-10)8-15-9-14-16-7-11(2)18-14/h4-7,15H,8-9H2,1-3H3. The van der Waals surface area contributed by atoms with Crippen molar-refractivity contribution in [1.82, 2.24) is 10.3 Å². The van der Waals surface area contributed by atoms with Crippen LogP contribution in [0.1, 0.15) is 22.8 Å². The van der Waals surface area contributed by atoms with E-state index in [1.807, 2.05) is 19.1 Å². The second-order valence-electron chi connectivity index (χ2n) is 4.28. The zero-order valence-corrected chi connectivity index (χ0v) is 11.0. The monoisotopic (exact) mass is 246 g/mol. The predicted octanol–water partition coefficient (Wildman–Crippen LogP) is 2.59. The molecule has 1 aromatic heterocycles. The minimum Gasteiger partial charge on any atom is -0.496 e. The van der Waals surface area contributed by atoms with Gasteiger partial charge < -0.3 is 14.5 Å². The number of hydrogen-bond donors (Lipinski definition) is 1. The van der Waals surface area contributed by atoms with E-state index in [9.17, 15) is 0 Å². The molecular formula is C14H18N2O2. The lowest BCUT2D eigenvalue weighted by Gasteiger charge is -2.09. The molecule has 1 aromatic carbocycles. The van der Waals surface area contributed by atoms with Crippen LogP contribution in [0.2, 0.25) is 0 Å². The first-order valence-corrected chi connectivity index (χ1v) is 5.94. The highest BCUT2D eigenvalue weighted by Gasteiger charge is 2.04. The van der Waals surface area contributed by atoms with E-state index in [-0.39, 0.29) is 0 Å². The van der Waals surface area contributed by atoms with Crippen LogP contribution in [0.25, 0.3) is 0 Å². The number of methoxy groups -OCH3 is 1. The quantitative estimate of drug-likeness (QED) is 0.881. The zero-order valence-electron chi connectivity index (χ0n) is 11.0. The van der Waals surface area contributed by atoms with Gasteiger partial charge in [-0.2, -0.15) is 0 Å².